The van der Waals surface area contributed by atoms with Crippen LogP contribution in [-0.2, 0) is 4.74 Å². The van der Waals surface area contributed by atoms with Gasteiger partial charge in [-0.15, -0.1) is 0 Å². The molecule has 0 radical (unpaired) electrons. The second-order valence-corrected chi connectivity index (χ2v) is 9.87. The van der Waals surface area contributed by atoms with E-state index in [2.05, 4.69) is 45.2 Å². The number of anilines is 1. The van der Waals surface area contributed by atoms with Crippen molar-refractivity contribution in [1.82, 2.24) is 20.2 Å². The summed E-state index contributed by atoms with van der Waals surface area (Å²) in [6.45, 7) is 5.69. The van der Waals surface area contributed by atoms with Gasteiger partial charge in [-0.2, -0.15) is 5.26 Å². The number of rotatable bonds is 11. The standard InChI is InChI=1S/C30H36N6O3/c1-20(18-31)19-33-28-25-17-22(6-5-21(25)7-12-27(28)39-4)26-13-14-32-29(35-26)30(37)34-23-8-10-24(11-9-23)36(2)15-16-38-3/h5-7,12-14,17,23-24,33H,1,8-11,15-16,19H2,2-4H3,(H,34,37)/t23-,24-. The number of nitrogens with zero attached hydrogens (tertiary/aromatic N) is 4. The fourth-order valence-electron chi connectivity index (χ4n) is 5.00. The number of aromatic nitrogens is 2. The molecule has 1 aliphatic rings. The first-order valence-corrected chi connectivity index (χ1v) is 13.2. The molecule has 1 fully saturated rings. The fraction of sp³-hybridized carbons (Fsp3) is 0.400. The number of nitriles is 1. The molecule has 2 N–H and O–H groups in total. The van der Waals surface area contributed by atoms with Crippen molar-refractivity contribution < 1.29 is 14.3 Å². The summed E-state index contributed by atoms with van der Waals surface area (Å²) in [5, 5.41) is 17.4. The van der Waals surface area contributed by atoms with Crippen molar-refractivity contribution in [2.75, 3.05) is 46.3 Å². The number of methoxy groups -OCH3 is 2. The summed E-state index contributed by atoms with van der Waals surface area (Å²) in [5.41, 5.74) is 2.68. The average Bonchev–Trinajstić information content (AvgIpc) is 2.98. The monoisotopic (exact) mass is 528 g/mol. The third kappa shape index (κ3) is 6.91. The van der Waals surface area contributed by atoms with Gasteiger partial charge in [-0.05, 0) is 56.3 Å². The first-order chi connectivity index (χ1) is 18.9. The summed E-state index contributed by atoms with van der Waals surface area (Å²) >= 11 is 0. The molecule has 3 aromatic rings. The van der Waals surface area contributed by atoms with Crippen LogP contribution in [0.2, 0.25) is 0 Å². The van der Waals surface area contributed by atoms with E-state index < -0.39 is 0 Å². The van der Waals surface area contributed by atoms with Crippen molar-refractivity contribution in [2.45, 2.75) is 37.8 Å². The summed E-state index contributed by atoms with van der Waals surface area (Å²) in [6, 6.07) is 14.3. The highest BCUT2D eigenvalue weighted by Gasteiger charge is 2.26. The van der Waals surface area contributed by atoms with Gasteiger partial charge in [0.2, 0.25) is 5.82 Å². The first-order valence-electron chi connectivity index (χ1n) is 13.2. The number of hydrogen-bond donors (Lipinski definition) is 2. The number of benzene rings is 2. The van der Waals surface area contributed by atoms with Crippen LogP contribution in [0.1, 0.15) is 36.3 Å². The Balaban J connectivity index is 1.49. The lowest BCUT2D eigenvalue weighted by atomic mass is 9.90. The maximum Gasteiger partial charge on any atom is 0.289 e. The number of nitrogens with one attached hydrogen (secondary N) is 2. The third-order valence-electron chi connectivity index (χ3n) is 7.30. The summed E-state index contributed by atoms with van der Waals surface area (Å²) in [7, 11) is 5.46. The van der Waals surface area contributed by atoms with Crippen LogP contribution in [0.5, 0.6) is 5.75 Å². The minimum absolute atomic E-state index is 0.113. The molecule has 0 spiro atoms. The number of hydrogen-bond acceptors (Lipinski definition) is 8. The van der Waals surface area contributed by atoms with Crippen LogP contribution in [0.25, 0.3) is 22.0 Å². The molecule has 2 aromatic carbocycles. The van der Waals surface area contributed by atoms with E-state index in [-0.39, 0.29) is 17.8 Å². The summed E-state index contributed by atoms with van der Waals surface area (Å²) in [5.74, 6) is 0.557. The van der Waals surface area contributed by atoms with Crippen molar-refractivity contribution in [3.05, 3.63) is 60.6 Å². The molecule has 4 rings (SSSR count). The van der Waals surface area contributed by atoms with Crippen LogP contribution in [-0.4, -0.2) is 73.8 Å². The Hall–Kier alpha value is -4.00. The van der Waals surface area contributed by atoms with Crippen molar-refractivity contribution >= 4 is 22.4 Å². The number of likely N-dealkylation sites (N-methyl/N-ethyl adjacent to an activating group) is 1. The molecule has 0 aliphatic heterocycles. The zero-order valence-corrected chi connectivity index (χ0v) is 22.9. The smallest absolute Gasteiger partial charge is 0.289 e. The van der Waals surface area contributed by atoms with Crippen molar-refractivity contribution in [3.63, 3.8) is 0 Å². The van der Waals surface area contributed by atoms with Gasteiger partial charge >= 0.3 is 0 Å². The molecular weight excluding hydrogens is 492 g/mol. The summed E-state index contributed by atoms with van der Waals surface area (Å²) in [4.78, 5) is 24.3. The second-order valence-electron chi connectivity index (χ2n) is 9.87. The van der Waals surface area contributed by atoms with Crippen LogP contribution in [0.15, 0.2) is 54.7 Å². The van der Waals surface area contributed by atoms with Crippen molar-refractivity contribution in [2.24, 2.45) is 0 Å². The largest absolute Gasteiger partial charge is 0.495 e. The molecule has 1 aliphatic carbocycles. The van der Waals surface area contributed by atoms with E-state index >= 15 is 0 Å². The zero-order chi connectivity index (χ0) is 27.8. The topological polar surface area (TPSA) is 112 Å². The normalized spacial score (nSPS) is 17.0. The second kappa shape index (κ2) is 13.2. The zero-order valence-electron chi connectivity index (χ0n) is 22.9. The van der Waals surface area contributed by atoms with Crippen LogP contribution in [0.3, 0.4) is 0 Å². The van der Waals surface area contributed by atoms with Crippen LogP contribution >= 0.6 is 0 Å². The molecule has 0 saturated heterocycles. The molecule has 1 saturated carbocycles. The molecule has 0 bridgehead atoms. The molecular formula is C30H36N6O3. The van der Waals surface area contributed by atoms with E-state index in [1.807, 2.05) is 30.3 Å². The van der Waals surface area contributed by atoms with Gasteiger partial charge in [0.1, 0.15) is 5.75 Å². The Morgan fingerprint density at radius 2 is 1.95 bits per heavy atom. The molecule has 1 heterocycles. The SMILES string of the molecule is C=C(C#N)CNc1c(OC)ccc2ccc(-c3ccnc(C(=O)N[C@H]4CC[C@H](N(C)CCOC)CC4)n3)cc12. The Morgan fingerprint density at radius 1 is 1.18 bits per heavy atom. The van der Waals surface area contributed by atoms with E-state index in [1.54, 1.807) is 26.5 Å². The Labute approximate surface area is 229 Å². The van der Waals surface area contributed by atoms with E-state index in [9.17, 15) is 4.79 Å². The van der Waals surface area contributed by atoms with Crippen LogP contribution < -0.4 is 15.4 Å². The van der Waals surface area contributed by atoms with Gasteiger partial charge in [0, 0.05) is 55.0 Å². The highest BCUT2D eigenvalue weighted by Crippen LogP contribution is 2.35. The lowest BCUT2D eigenvalue weighted by molar-refractivity contribution is 0.0886. The van der Waals surface area contributed by atoms with Crippen LogP contribution in [0, 0.1) is 11.3 Å². The highest BCUT2D eigenvalue weighted by molar-refractivity contribution is 5.99. The van der Waals surface area contributed by atoms with Gasteiger partial charge in [-0.1, -0.05) is 24.8 Å². The maximum absolute atomic E-state index is 13.1. The van der Waals surface area contributed by atoms with Crippen molar-refractivity contribution in [1.29, 1.82) is 5.26 Å². The molecule has 0 unspecified atom stereocenters. The van der Waals surface area contributed by atoms with Gasteiger partial charge in [-0.3, -0.25) is 4.79 Å². The Bertz CT molecular complexity index is 1360. The first kappa shape index (κ1) is 28.0. The van der Waals surface area contributed by atoms with Gasteiger partial charge in [0.05, 0.1) is 31.2 Å². The molecule has 1 amide bonds. The fourth-order valence-corrected chi connectivity index (χ4v) is 5.00. The van der Waals surface area contributed by atoms with E-state index in [1.165, 1.54) is 0 Å². The lowest BCUT2D eigenvalue weighted by Gasteiger charge is -2.34. The molecule has 204 valence electrons. The van der Waals surface area contributed by atoms with Gasteiger partial charge < -0.3 is 25.0 Å². The quantitative estimate of drug-likeness (QED) is 0.352. The van der Waals surface area contributed by atoms with Crippen molar-refractivity contribution in [3.8, 4) is 23.1 Å². The predicted octanol–water partition coefficient (Wildman–Crippen LogP) is 4.42. The summed E-state index contributed by atoms with van der Waals surface area (Å²) < 4.78 is 10.8. The van der Waals surface area contributed by atoms with E-state index in [4.69, 9.17) is 14.7 Å². The number of fused-ring (bicyclic) bond motifs is 1. The van der Waals surface area contributed by atoms with E-state index in [0.717, 1.165) is 60.9 Å². The minimum atomic E-state index is -0.257. The van der Waals surface area contributed by atoms with E-state index in [0.29, 0.717) is 29.6 Å². The highest BCUT2D eigenvalue weighted by atomic mass is 16.5. The molecule has 39 heavy (non-hydrogen) atoms. The minimum Gasteiger partial charge on any atom is -0.495 e. The maximum atomic E-state index is 13.1. The lowest BCUT2D eigenvalue weighted by Crippen LogP contribution is -2.43. The third-order valence-corrected chi connectivity index (χ3v) is 7.30. The predicted molar refractivity (Wildman–Crippen MR) is 153 cm³/mol. The molecule has 9 nitrogen and oxygen atoms in total. The Morgan fingerprint density at radius 3 is 2.67 bits per heavy atom. The van der Waals surface area contributed by atoms with Gasteiger partial charge in [0.25, 0.3) is 5.91 Å². The molecule has 9 heteroatoms. The van der Waals surface area contributed by atoms with Gasteiger partial charge in [0.15, 0.2) is 0 Å². The number of amides is 1. The molecule has 1 aromatic heterocycles. The Kier molecular flexibility index (Phi) is 9.47. The number of carbonyl (C=O) groups excluding carboxylic acids is 1. The average molecular weight is 529 g/mol. The number of ether oxygens (including phenoxy) is 2. The number of carbonyl (C=O) groups is 1. The summed E-state index contributed by atoms with van der Waals surface area (Å²) in [6.07, 6.45) is 5.53. The molecule has 0 atom stereocenters. The van der Waals surface area contributed by atoms with Crippen LogP contribution in [0.4, 0.5) is 5.69 Å². The van der Waals surface area contributed by atoms with Gasteiger partial charge in [-0.25, -0.2) is 9.97 Å².